The molecule has 0 saturated heterocycles. The fourth-order valence-electron chi connectivity index (χ4n) is 2.14. The van der Waals surface area contributed by atoms with Crippen LogP contribution in [0.15, 0.2) is 30.3 Å². The van der Waals surface area contributed by atoms with E-state index in [1.165, 1.54) is 7.05 Å². The molecule has 23 heavy (non-hydrogen) atoms. The Hall–Kier alpha value is -2.37. The first-order chi connectivity index (χ1) is 11.0. The molecule has 0 aromatic heterocycles. The second-order valence-corrected chi connectivity index (χ2v) is 5.33. The van der Waals surface area contributed by atoms with Gasteiger partial charge in [0.25, 0.3) is 5.91 Å². The highest BCUT2D eigenvalue weighted by Crippen LogP contribution is 2.28. The second kappa shape index (κ2) is 9.61. The van der Waals surface area contributed by atoms with E-state index in [0.29, 0.717) is 0 Å². The quantitative estimate of drug-likeness (QED) is 0.705. The van der Waals surface area contributed by atoms with Crippen LogP contribution in [0.2, 0.25) is 0 Å². The van der Waals surface area contributed by atoms with Gasteiger partial charge in [0.2, 0.25) is 5.91 Å². The molecule has 0 spiro atoms. The number of nitrogens with one attached hydrogen (secondary N) is 2. The van der Waals surface area contributed by atoms with Crippen molar-refractivity contribution in [1.82, 2.24) is 10.6 Å². The molecule has 6 nitrogen and oxygen atoms in total. The summed E-state index contributed by atoms with van der Waals surface area (Å²) in [5.74, 6) is -1.56. The highest BCUT2D eigenvalue weighted by atomic mass is 16.5. The Bertz CT molecular complexity index is 531. The summed E-state index contributed by atoms with van der Waals surface area (Å²) in [6.07, 6.45) is 0.817. The molecule has 0 aliphatic rings. The Kier molecular flexibility index (Phi) is 7.80. The van der Waals surface area contributed by atoms with Gasteiger partial charge in [-0.05, 0) is 11.5 Å². The number of likely N-dealkylation sites (N-methyl/N-ethyl adjacent to an activating group) is 1. The van der Waals surface area contributed by atoms with E-state index in [1.807, 2.05) is 44.2 Å². The number of rotatable bonds is 8. The van der Waals surface area contributed by atoms with E-state index in [0.717, 1.165) is 12.0 Å². The Labute approximate surface area is 136 Å². The lowest BCUT2D eigenvalue weighted by atomic mass is 9.86. The van der Waals surface area contributed by atoms with Crippen LogP contribution in [0.4, 0.5) is 0 Å². The van der Waals surface area contributed by atoms with E-state index in [9.17, 15) is 14.4 Å². The third-order valence-corrected chi connectivity index (χ3v) is 3.70. The van der Waals surface area contributed by atoms with Crippen LogP contribution in [0.25, 0.3) is 0 Å². The van der Waals surface area contributed by atoms with E-state index in [4.69, 9.17) is 4.74 Å². The average Bonchev–Trinajstić information content (AvgIpc) is 2.58. The van der Waals surface area contributed by atoms with Crippen LogP contribution in [-0.2, 0) is 19.1 Å². The van der Waals surface area contributed by atoms with Crippen LogP contribution in [-0.4, -0.2) is 38.0 Å². The molecule has 0 aliphatic carbocycles. The molecule has 1 aromatic carbocycles. The van der Waals surface area contributed by atoms with E-state index < -0.39 is 24.4 Å². The normalized spacial score (nSPS) is 12.8. The van der Waals surface area contributed by atoms with Gasteiger partial charge in [-0.15, -0.1) is 0 Å². The number of hydrogen-bond acceptors (Lipinski definition) is 4. The van der Waals surface area contributed by atoms with Gasteiger partial charge in [-0.25, -0.2) is 0 Å². The Morgan fingerprint density at radius 1 is 1.13 bits per heavy atom. The molecular formula is C17H24N2O4. The number of esters is 1. The van der Waals surface area contributed by atoms with Crippen LogP contribution in [0.3, 0.4) is 0 Å². The molecule has 0 radical (unpaired) electrons. The SMILES string of the molecule is CC[C@H](C)[C@@H](C(=O)OCC(=O)NCC(=O)NC)c1ccccc1. The number of carbonyl (C=O) groups is 3. The van der Waals surface area contributed by atoms with Gasteiger partial charge in [0.1, 0.15) is 0 Å². The maximum atomic E-state index is 12.4. The fourth-order valence-corrected chi connectivity index (χ4v) is 2.14. The molecule has 0 fully saturated rings. The number of ether oxygens (including phenoxy) is 1. The lowest BCUT2D eigenvalue weighted by molar-refractivity contribution is -0.151. The summed E-state index contributed by atoms with van der Waals surface area (Å²) in [5.41, 5.74) is 0.873. The van der Waals surface area contributed by atoms with Crippen molar-refractivity contribution in [3.63, 3.8) is 0 Å². The van der Waals surface area contributed by atoms with Crippen LogP contribution in [0, 0.1) is 5.92 Å². The molecule has 0 heterocycles. The molecule has 6 heteroatoms. The van der Waals surface area contributed by atoms with Crippen molar-refractivity contribution >= 4 is 17.8 Å². The number of benzene rings is 1. The minimum atomic E-state index is -0.502. The lowest BCUT2D eigenvalue weighted by Gasteiger charge is -2.21. The molecular weight excluding hydrogens is 296 g/mol. The van der Waals surface area contributed by atoms with Crippen molar-refractivity contribution in [2.75, 3.05) is 20.2 Å². The monoisotopic (exact) mass is 320 g/mol. The van der Waals surface area contributed by atoms with Gasteiger partial charge in [-0.2, -0.15) is 0 Å². The maximum Gasteiger partial charge on any atom is 0.314 e. The highest BCUT2D eigenvalue weighted by molar-refractivity contribution is 5.87. The first-order valence-corrected chi connectivity index (χ1v) is 7.68. The maximum absolute atomic E-state index is 12.4. The largest absolute Gasteiger partial charge is 0.455 e. The summed E-state index contributed by atoms with van der Waals surface area (Å²) in [6.45, 7) is 3.45. The number of hydrogen-bond donors (Lipinski definition) is 2. The minimum absolute atomic E-state index is 0.0961. The Balaban J connectivity index is 2.61. The third kappa shape index (κ3) is 6.10. The number of carbonyl (C=O) groups excluding carboxylic acids is 3. The van der Waals surface area contributed by atoms with Crippen LogP contribution in [0.1, 0.15) is 31.7 Å². The lowest BCUT2D eigenvalue weighted by Crippen LogP contribution is -2.37. The van der Waals surface area contributed by atoms with E-state index in [1.54, 1.807) is 0 Å². The average molecular weight is 320 g/mol. The van der Waals surface area contributed by atoms with E-state index in [-0.39, 0.29) is 18.4 Å². The second-order valence-electron chi connectivity index (χ2n) is 5.33. The first-order valence-electron chi connectivity index (χ1n) is 7.68. The van der Waals surface area contributed by atoms with Crippen LogP contribution < -0.4 is 10.6 Å². The topological polar surface area (TPSA) is 84.5 Å². The van der Waals surface area contributed by atoms with Crippen LogP contribution >= 0.6 is 0 Å². The van der Waals surface area contributed by atoms with Crippen molar-refractivity contribution in [3.8, 4) is 0 Å². The van der Waals surface area contributed by atoms with Gasteiger partial charge in [-0.1, -0.05) is 50.6 Å². The van der Waals surface area contributed by atoms with Gasteiger partial charge in [-0.3, -0.25) is 14.4 Å². The predicted octanol–water partition coefficient (Wildman–Crippen LogP) is 1.22. The summed E-state index contributed by atoms with van der Waals surface area (Å²) in [4.78, 5) is 35.0. The fraction of sp³-hybridized carbons (Fsp3) is 0.471. The van der Waals surface area contributed by atoms with E-state index >= 15 is 0 Å². The molecule has 2 amide bonds. The zero-order valence-corrected chi connectivity index (χ0v) is 13.8. The highest BCUT2D eigenvalue weighted by Gasteiger charge is 2.27. The zero-order valence-electron chi connectivity index (χ0n) is 13.8. The summed E-state index contributed by atoms with van der Waals surface area (Å²) < 4.78 is 5.13. The van der Waals surface area contributed by atoms with Crippen LogP contribution in [0.5, 0.6) is 0 Å². The summed E-state index contributed by atoms with van der Waals surface area (Å²) >= 11 is 0. The van der Waals surface area contributed by atoms with Crippen molar-refractivity contribution in [1.29, 1.82) is 0 Å². The Morgan fingerprint density at radius 2 is 1.78 bits per heavy atom. The smallest absolute Gasteiger partial charge is 0.314 e. The standard InChI is InChI=1S/C17H24N2O4/c1-4-12(2)16(13-8-6-5-7-9-13)17(22)23-11-15(21)19-10-14(20)18-3/h5-9,12,16H,4,10-11H2,1-3H3,(H,18,20)(H,19,21)/t12-,16+/m0/s1. The van der Waals surface area contributed by atoms with Gasteiger partial charge in [0, 0.05) is 7.05 Å². The molecule has 0 aliphatic heterocycles. The zero-order chi connectivity index (χ0) is 17.2. The van der Waals surface area contributed by atoms with Gasteiger partial charge in [0.05, 0.1) is 12.5 Å². The molecule has 0 unspecified atom stereocenters. The van der Waals surface area contributed by atoms with Gasteiger partial charge < -0.3 is 15.4 Å². The van der Waals surface area contributed by atoms with E-state index in [2.05, 4.69) is 10.6 Å². The first kappa shape index (κ1) is 18.7. The van der Waals surface area contributed by atoms with Gasteiger partial charge in [0.15, 0.2) is 6.61 Å². The minimum Gasteiger partial charge on any atom is -0.455 e. The molecule has 1 rings (SSSR count). The summed E-state index contributed by atoms with van der Waals surface area (Å²) in [5, 5.41) is 4.77. The van der Waals surface area contributed by atoms with Crippen molar-refractivity contribution in [2.24, 2.45) is 5.92 Å². The third-order valence-electron chi connectivity index (χ3n) is 3.70. The Morgan fingerprint density at radius 3 is 2.35 bits per heavy atom. The molecule has 126 valence electrons. The molecule has 2 atom stereocenters. The van der Waals surface area contributed by atoms with Crippen molar-refractivity contribution in [2.45, 2.75) is 26.2 Å². The molecule has 1 aromatic rings. The molecule has 2 N–H and O–H groups in total. The van der Waals surface area contributed by atoms with Crippen molar-refractivity contribution in [3.05, 3.63) is 35.9 Å². The summed E-state index contributed by atoms with van der Waals surface area (Å²) in [7, 11) is 1.48. The van der Waals surface area contributed by atoms with Crippen molar-refractivity contribution < 1.29 is 19.1 Å². The number of amides is 2. The van der Waals surface area contributed by atoms with Gasteiger partial charge >= 0.3 is 5.97 Å². The molecule has 0 bridgehead atoms. The summed E-state index contributed by atoms with van der Waals surface area (Å²) in [6, 6.07) is 9.38. The molecule has 0 saturated carbocycles. The predicted molar refractivity (Wildman–Crippen MR) is 86.7 cm³/mol.